The molecule has 0 saturated heterocycles. The zero-order valence-corrected chi connectivity index (χ0v) is 12.2. The Morgan fingerprint density at radius 3 is 1.28 bits per heavy atom. The molecule has 0 bridgehead atoms. The van der Waals surface area contributed by atoms with E-state index >= 15 is 0 Å². The lowest BCUT2D eigenvalue weighted by atomic mass is 10.7. The third-order valence-electron chi connectivity index (χ3n) is 0.826. The second kappa shape index (κ2) is 14.7. The van der Waals surface area contributed by atoms with E-state index in [2.05, 4.69) is 8.37 Å². The number of likely N-dealkylation sites (N-methyl/N-ethyl adjacent to an activating group) is 1. The van der Waals surface area contributed by atoms with Gasteiger partial charge in [0, 0.05) is 0 Å². The standard InChI is InChI=1S/C3H9NO.2CH4O4S.H3N/c1-4-2-3-5;2*1-5-6(2,3)4;/h4-5H,2-3H2,1H3;2*1H3,(H,2,3,4);1H3. The molecule has 0 spiro atoms. The maximum absolute atomic E-state index is 9.22. The summed E-state index contributed by atoms with van der Waals surface area (Å²) in [7, 11) is -5.28. The average Bonchev–Trinajstić information content (AvgIpc) is 2.19. The molecule has 0 aromatic rings. The van der Waals surface area contributed by atoms with Crippen molar-refractivity contribution < 1.29 is 44.7 Å². The Bertz CT molecular complexity index is 304. The highest BCUT2D eigenvalue weighted by Crippen LogP contribution is 1.74. The minimum Gasteiger partial charge on any atom is -0.726 e. The van der Waals surface area contributed by atoms with Gasteiger partial charge in [-0.25, -0.2) is 16.8 Å². The molecule has 13 heteroatoms. The molecule has 0 unspecified atom stereocenters. The van der Waals surface area contributed by atoms with Crippen molar-refractivity contribution in [2.75, 3.05) is 34.4 Å². The number of aliphatic hydroxyl groups excluding tert-OH is 1. The van der Waals surface area contributed by atoms with E-state index in [9.17, 15) is 25.9 Å². The van der Waals surface area contributed by atoms with E-state index in [-0.39, 0.29) is 12.8 Å². The molecule has 0 atom stereocenters. The van der Waals surface area contributed by atoms with Crippen LogP contribution in [0.1, 0.15) is 0 Å². The highest BCUT2D eigenvalue weighted by atomic mass is 32.3. The smallest absolute Gasteiger partial charge is 0.217 e. The molecule has 0 rings (SSSR count). The molecule has 0 aliphatic heterocycles. The molecule has 0 aliphatic carbocycles. The van der Waals surface area contributed by atoms with Crippen LogP contribution in [0, 0.1) is 0 Å². The summed E-state index contributed by atoms with van der Waals surface area (Å²) in [5.41, 5.74) is 0. The number of nitrogens with two attached hydrogens (primary N) is 1. The van der Waals surface area contributed by atoms with Crippen molar-refractivity contribution in [3.8, 4) is 0 Å². The van der Waals surface area contributed by atoms with Crippen LogP contribution in [0.15, 0.2) is 0 Å². The van der Waals surface area contributed by atoms with Crippen LogP contribution in [0.5, 0.6) is 0 Å². The van der Waals surface area contributed by atoms with Crippen molar-refractivity contribution in [3.63, 3.8) is 0 Å². The lowest BCUT2D eigenvalue weighted by Gasteiger charge is -1.98. The topological polar surface area (TPSA) is 206 Å². The van der Waals surface area contributed by atoms with Gasteiger partial charge in [-0.15, -0.1) is 0 Å². The fourth-order valence-corrected chi connectivity index (χ4v) is 0.129. The van der Waals surface area contributed by atoms with Gasteiger partial charge in [0.25, 0.3) is 0 Å². The normalized spacial score (nSPS) is 10.1. The van der Waals surface area contributed by atoms with Crippen molar-refractivity contribution in [3.05, 3.63) is 0 Å². The van der Waals surface area contributed by atoms with E-state index in [4.69, 9.17) is 5.11 Å². The first kappa shape index (κ1) is 26.2. The molecule has 0 aromatic heterocycles. The van der Waals surface area contributed by atoms with Crippen LogP contribution in [0.4, 0.5) is 0 Å². The zero-order chi connectivity index (χ0) is 14.5. The number of quaternary nitrogens is 2. The molecular formula is C5H20N2O9S2. The minimum absolute atomic E-state index is 0. The quantitative estimate of drug-likeness (QED) is 0.350. The first-order valence-corrected chi connectivity index (χ1v) is 6.62. The van der Waals surface area contributed by atoms with Gasteiger partial charge >= 0.3 is 0 Å². The van der Waals surface area contributed by atoms with E-state index in [1.807, 2.05) is 12.4 Å². The molecule has 0 saturated carbocycles. The fourth-order valence-electron chi connectivity index (χ4n) is 0.129. The van der Waals surface area contributed by atoms with E-state index in [0.29, 0.717) is 0 Å². The van der Waals surface area contributed by atoms with Crippen LogP contribution in [0.25, 0.3) is 0 Å². The maximum Gasteiger partial charge on any atom is 0.217 e. The van der Waals surface area contributed by atoms with Gasteiger partial charge in [0.2, 0.25) is 20.8 Å². The van der Waals surface area contributed by atoms with Gasteiger partial charge in [0.05, 0.1) is 34.4 Å². The summed E-state index contributed by atoms with van der Waals surface area (Å²) in [5, 5.41) is 9.97. The molecule has 0 fully saturated rings. The molecule has 11 nitrogen and oxygen atoms in total. The highest BCUT2D eigenvalue weighted by Gasteiger charge is 1.79. The van der Waals surface area contributed by atoms with Gasteiger partial charge in [0.1, 0.15) is 0 Å². The minimum atomic E-state index is -4.41. The largest absolute Gasteiger partial charge is 0.726 e. The van der Waals surface area contributed by atoms with Gasteiger partial charge in [-0.2, -0.15) is 0 Å². The molecular weight excluding hydrogens is 296 g/mol. The predicted octanol–water partition coefficient (Wildman–Crippen LogP) is -3.27. The summed E-state index contributed by atoms with van der Waals surface area (Å²) in [5.74, 6) is 0. The molecule has 0 radical (unpaired) electrons. The lowest BCUT2D eigenvalue weighted by molar-refractivity contribution is -0.628. The van der Waals surface area contributed by atoms with Crippen molar-refractivity contribution in [1.29, 1.82) is 0 Å². The summed E-state index contributed by atoms with van der Waals surface area (Å²) in [6.07, 6.45) is 0. The van der Waals surface area contributed by atoms with Gasteiger partial charge < -0.3 is 25.7 Å². The van der Waals surface area contributed by atoms with Crippen LogP contribution in [0.3, 0.4) is 0 Å². The van der Waals surface area contributed by atoms with Crippen molar-refractivity contribution in [1.82, 2.24) is 6.15 Å². The Morgan fingerprint density at radius 2 is 1.28 bits per heavy atom. The molecule has 0 heterocycles. The average molecular weight is 316 g/mol. The predicted molar refractivity (Wildman–Crippen MR) is 59.2 cm³/mol. The Balaban J connectivity index is -0.0000000799. The van der Waals surface area contributed by atoms with E-state index in [1.54, 1.807) is 0 Å². The molecule has 116 valence electrons. The Kier molecular flexibility index (Phi) is 21.4. The first-order chi connectivity index (χ1) is 7.54. The van der Waals surface area contributed by atoms with Crippen molar-refractivity contribution in [2.45, 2.75) is 0 Å². The second-order valence-electron chi connectivity index (χ2n) is 2.07. The second-order valence-corrected chi connectivity index (χ2v) is 4.37. The summed E-state index contributed by atoms with van der Waals surface area (Å²) in [4.78, 5) is 0. The highest BCUT2D eigenvalue weighted by molar-refractivity contribution is 7.81. The van der Waals surface area contributed by atoms with E-state index in [0.717, 1.165) is 20.8 Å². The summed E-state index contributed by atoms with van der Waals surface area (Å²) < 4.78 is 62.0. The Morgan fingerprint density at radius 1 is 1.06 bits per heavy atom. The van der Waals surface area contributed by atoms with Crippen LogP contribution in [-0.4, -0.2) is 65.5 Å². The third-order valence-corrected chi connectivity index (χ3v) is 1.64. The van der Waals surface area contributed by atoms with Gasteiger partial charge in [-0.1, -0.05) is 0 Å². The number of hydrogen-bond donors (Lipinski definition) is 3. The van der Waals surface area contributed by atoms with Gasteiger partial charge in [-0.05, 0) is 0 Å². The SMILES string of the molecule is COS(=O)(=O)[O-].COS(=O)(=O)[O-].C[NH2+]CCO.[NH4+]. The third kappa shape index (κ3) is 57.5. The van der Waals surface area contributed by atoms with Crippen LogP contribution in [0.2, 0.25) is 0 Å². The van der Waals surface area contributed by atoms with Crippen molar-refractivity contribution in [2.24, 2.45) is 0 Å². The van der Waals surface area contributed by atoms with Crippen LogP contribution >= 0.6 is 0 Å². The monoisotopic (exact) mass is 316 g/mol. The summed E-state index contributed by atoms with van der Waals surface area (Å²) in [6.45, 7) is 1.11. The molecule has 0 amide bonds. The van der Waals surface area contributed by atoms with Crippen LogP contribution < -0.4 is 11.5 Å². The lowest BCUT2D eigenvalue weighted by Crippen LogP contribution is -2.80. The summed E-state index contributed by atoms with van der Waals surface area (Å²) >= 11 is 0. The van der Waals surface area contributed by atoms with Gasteiger partial charge in [-0.3, -0.25) is 8.37 Å². The van der Waals surface area contributed by atoms with Crippen molar-refractivity contribution >= 4 is 20.8 Å². The Hall–Kier alpha value is -0.380. The van der Waals surface area contributed by atoms with Gasteiger partial charge in [0.15, 0.2) is 0 Å². The maximum atomic E-state index is 9.22. The zero-order valence-electron chi connectivity index (χ0n) is 10.5. The van der Waals surface area contributed by atoms with E-state index in [1.165, 1.54) is 0 Å². The number of rotatable bonds is 4. The molecule has 18 heavy (non-hydrogen) atoms. The molecule has 0 aliphatic rings. The van der Waals surface area contributed by atoms with E-state index < -0.39 is 20.8 Å². The fraction of sp³-hybridized carbons (Fsp3) is 1.00. The molecule has 0 aromatic carbocycles. The Labute approximate surface area is 107 Å². The number of hydrogen-bond acceptors (Lipinski definition) is 9. The summed E-state index contributed by atoms with van der Waals surface area (Å²) in [6, 6.07) is 0. The van der Waals surface area contributed by atoms with Crippen LogP contribution in [-0.2, 0) is 29.2 Å². The first-order valence-electron chi connectivity index (χ1n) is 3.95. The number of aliphatic hydroxyl groups is 1. The molecule has 7 N–H and O–H groups in total.